The maximum atomic E-state index is 12.5. The molecule has 1 aliphatic carbocycles. The van der Waals surface area contributed by atoms with Gasteiger partial charge in [0.25, 0.3) is 0 Å². The van der Waals surface area contributed by atoms with Gasteiger partial charge in [-0.2, -0.15) is 0 Å². The summed E-state index contributed by atoms with van der Waals surface area (Å²) >= 11 is 6.00. The zero-order valence-corrected chi connectivity index (χ0v) is 10.2. The second-order valence-electron chi connectivity index (χ2n) is 4.51. The van der Waals surface area contributed by atoms with E-state index in [1.165, 1.54) is 0 Å². The van der Waals surface area contributed by atoms with Gasteiger partial charge in [-0.3, -0.25) is 0 Å². The Hall–Kier alpha value is -0.740. The maximum Gasteiger partial charge on any atom is 0.187 e. The summed E-state index contributed by atoms with van der Waals surface area (Å²) in [5.74, 6) is 0. The summed E-state index contributed by atoms with van der Waals surface area (Å²) in [6, 6.07) is 5.04. The van der Waals surface area contributed by atoms with E-state index < -0.39 is 14.6 Å². The van der Waals surface area contributed by atoms with Crippen molar-refractivity contribution >= 4 is 27.1 Å². The third kappa shape index (κ3) is 1.12. The van der Waals surface area contributed by atoms with Crippen molar-refractivity contribution in [2.45, 2.75) is 28.9 Å². The summed E-state index contributed by atoms with van der Waals surface area (Å²) in [5, 5.41) is 3.65. The quantitative estimate of drug-likeness (QED) is 0.777. The molecule has 1 aromatic carbocycles. The van der Waals surface area contributed by atoms with Crippen LogP contribution in [0.2, 0.25) is 5.02 Å². The minimum Gasteiger partial charge on any atom is -0.381 e. The van der Waals surface area contributed by atoms with Crippen LogP contribution in [0.5, 0.6) is 0 Å². The predicted molar refractivity (Wildman–Crippen MR) is 63.7 cm³/mol. The second kappa shape index (κ2) is 3.14. The summed E-state index contributed by atoms with van der Waals surface area (Å²) in [4.78, 5) is 0.367. The molecule has 0 saturated heterocycles. The van der Waals surface area contributed by atoms with Crippen LogP contribution in [0.3, 0.4) is 0 Å². The highest BCUT2D eigenvalue weighted by atomic mass is 35.5. The SMILES string of the molecule is O=S1(=O)c2cccc(Cl)c2NCC12CCC2. The summed E-state index contributed by atoms with van der Waals surface area (Å²) in [6.07, 6.45) is 2.51. The summed E-state index contributed by atoms with van der Waals surface area (Å²) < 4.78 is 24.4. The Morgan fingerprint density at radius 2 is 2.06 bits per heavy atom. The van der Waals surface area contributed by atoms with Gasteiger partial charge in [0.05, 0.1) is 20.4 Å². The molecule has 86 valence electrons. The molecule has 16 heavy (non-hydrogen) atoms. The van der Waals surface area contributed by atoms with Crippen molar-refractivity contribution in [2.24, 2.45) is 0 Å². The van der Waals surface area contributed by atoms with Crippen molar-refractivity contribution in [3.8, 4) is 0 Å². The van der Waals surface area contributed by atoms with Crippen LogP contribution in [0, 0.1) is 0 Å². The molecule has 1 spiro atoms. The van der Waals surface area contributed by atoms with Gasteiger partial charge < -0.3 is 5.32 Å². The van der Waals surface area contributed by atoms with E-state index in [0.29, 0.717) is 22.2 Å². The van der Waals surface area contributed by atoms with Crippen LogP contribution in [-0.4, -0.2) is 19.7 Å². The number of anilines is 1. The Bertz CT molecular complexity index is 549. The van der Waals surface area contributed by atoms with Gasteiger partial charge in [0.1, 0.15) is 0 Å². The predicted octanol–water partition coefficient (Wildman–Crippen LogP) is 2.46. The largest absolute Gasteiger partial charge is 0.381 e. The number of hydrogen-bond donors (Lipinski definition) is 1. The Balaban J connectivity index is 2.24. The Morgan fingerprint density at radius 3 is 2.69 bits per heavy atom. The van der Waals surface area contributed by atoms with E-state index in [4.69, 9.17) is 11.6 Å². The molecule has 3 nitrogen and oxygen atoms in total. The third-order valence-corrected chi connectivity index (χ3v) is 6.61. The first kappa shape index (κ1) is 10.4. The fraction of sp³-hybridized carbons (Fsp3) is 0.455. The number of fused-ring (bicyclic) bond motifs is 1. The first-order chi connectivity index (χ1) is 7.57. The molecular weight excluding hydrogens is 246 g/mol. The summed E-state index contributed by atoms with van der Waals surface area (Å²) in [5.41, 5.74) is 0.571. The summed E-state index contributed by atoms with van der Waals surface area (Å²) in [7, 11) is -3.22. The van der Waals surface area contributed by atoms with E-state index in [0.717, 1.165) is 19.3 Å². The zero-order valence-electron chi connectivity index (χ0n) is 8.66. The molecule has 1 saturated carbocycles. The summed E-state index contributed by atoms with van der Waals surface area (Å²) in [6.45, 7) is 0.492. The highest BCUT2D eigenvalue weighted by Crippen LogP contribution is 2.48. The molecule has 1 heterocycles. The Morgan fingerprint density at radius 1 is 1.31 bits per heavy atom. The van der Waals surface area contributed by atoms with Gasteiger partial charge in [0, 0.05) is 6.54 Å². The molecule has 1 fully saturated rings. The lowest BCUT2D eigenvalue weighted by molar-refractivity contribution is 0.347. The van der Waals surface area contributed by atoms with Crippen molar-refractivity contribution in [1.82, 2.24) is 0 Å². The highest BCUT2D eigenvalue weighted by Gasteiger charge is 2.52. The Kier molecular flexibility index (Phi) is 2.04. The third-order valence-electron chi connectivity index (χ3n) is 3.69. The number of halogens is 1. The van der Waals surface area contributed by atoms with E-state index in [1.807, 2.05) is 0 Å². The molecule has 5 heteroatoms. The topological polar surface area (TPSA) is 46.2 Å². The molecule has 1 aromatic rings. The monoisotopic (exact) mass is 257 g/mol. The molecule has 0 bridgehead atoms. The van der Waals surface area contributed by atoms with Crippen LogP contribution in [-0.2, 0) is 9.84 Å². The highest BCUT2D eigenvalue weighted by molar-refractivity contribution is 7.93. The lowest BCUT2D eigenvalue weighted by atomic mass is 9.84. The molecule has 0 radical (unpaired) electrons. The van der Waals surface area contributed by atoms with Crippen LogP contribution >= 0.6 is 11.6 Å². The second-order valence-corrected chi connectivity index (χ2v) is 7.23. The lowest BCUT2D eigenvalue weighted by Gasteiger charge is -2.44. The van der Waals surface area contributed by atoms with E-state index in [9.17, 15) is 8.42 Å². The van der Waals surface area contributed by atoms with Gasteiger partial charge in [0.2, 0.25) is 0 Å². The average molecular weight is 258 g/mol. The molecule has 0 unspecified atom stereocenters. The van der Waals surface area contributed by atoms with Crippen molar-refractivity contribution < 1.29 is 8.42 Å². The van der Waals surface area contributed by atoms with Crippen molar-refractivity contribution in [1.29, 1.82) is 0 Å². The van der Waals surface area contributed by atoms with Crippen LogP contribution in [0.1, 0.15) is 19.3 Å². The van der Waals surface area contributed by atoms with Crippen LogP contribution in [0.15, 0.2) is 23.1 Å². The maximum absolute atomic E-state index is 12.5. The lowest BCUT2D eigenvalue weighted by Crippen LogP contribution is -2.53. The van der Waals surface area contributed by atoms with Gasteiger partial charge in [-0.25, -0.2) is 8.42 Å². The molecule has 1 N–H and O–H groups in total. The van der Waals surface area contributed by atoms with Crippen LogP contribution in [0.25, 0.3) is 0 Å². The average Bonchev–Trinajstić information content (AvgIpc) is 2.16. The number of benzene rings is 1. The fourth-order valence-corrected chi connectivity index (χ4v) is 5.05. The van der Waals surface area contributed by atoms with E-state index in [1.54, 1.807) is 18.2 Å². The molecule has 0 amide bonds. The first-order valence-electron chi connectivity index (χ1n) is 5.34. The number of rotatable bonds is 0. The van der Waals surface area contributed by atoms with Gasteiger partial charge >= 0.3 is 0 Å². The molecule has 1 aliphatic heterocycles. The number of hydrogen-bond acceptors (Lipinski definition) is 3. The first-order valence-corrected chi connectivity index (χ1v) is 7.20. The van der Waals surface area contributed by atoms with Crippen LogP contribution < -0.4 is 5.32 Å². The van der Waals surface area contributed by atoms with E-state index in [2.05, 4.69) is 5.32 Å². The molecule has 2 aliphatic rings. The minimum atomic E-state index is -3.22. The van der Waals surface area contributed by atoms with Gasteiger partial charge in [-0.05, 0) is 25.0 Å². The van der Waals surface area contributed by atoms with Crippen molar-refractivity contribution in [3.05, 3.63) is 23.2 Å². The minimum absolute atomic E-state index is 0.367. The molecule has 0 aromatic heterocycles. The van der Waals surface area contributed by atoms with Gasteiger partial charge in [-0.1, -0.05) is 24.1 Å². The fourth-order valence-electron chi connectivity index (χ4n) is 2.49. The normalized spacial score (nSPS) is 24.3. The van der Waals surface area contributed by atoms with Gasteiger partial charge in [0.15, 0.2) is 9.84 Å². The zero-order chi connectivity index (χ0) is 11.4. The molecule has 0 atom stereocenters. The van der Waals surface area contributed by atoms with E-state index in [-0.39, 0.29) is 0 Å². The number of para-hydroxylation sites is 1. The van der Waals surface area contributed by atoms with E-state index >= 15 is 0 Å². The van der Waals surface area contributed by atoms with Crippen molar-refractivity contribution in [2.75, 3.05) is 11.9 Å². The van der Waals surface area contributed by atoms with Gasteiger partial charge in [-0.15, -0.1) is 0 Å². The molecule has 3 rings (SSSR count). The number of nitrogens with one attached hydrogen (secondary N) is 1. The smallest absolute Gasteiger partial charge is 0.187 e. The Labute approximate surface area is 99.7 Å². The standard InChI is InChI=1S/C11H12ClNO2S/c12-8-3-1-4-9-10(8)13-7-11(5-2-6-11)16(9,14)15/h1,3-4,13H,2,5-7H2. The molecular formula is C11H12ClNO2S. The van der Waals surface area contributed by atoms with Crippen LogP contribution in [0.4, 0.5) is 5.69 Å². The van der Waals surface area contributed by atoms with Crippen molar-refractivity contribution in [3.63, 3.8) is 0 Å². The number of sulfone groups is 1.